The van der Waals surface area contributed by atoms with Gasteiger partial charge >= 0.3 is 12.3 Å². The molecule has 1 aromatic carbocycles. The summed E-state index contributed by atoms with van der Waals surface area (Å²) in [5.74, 6) is -0.357. The molecular formula is C19H25F3O5. The molecule has 1 aromatic rings. The largest absolute Gasteiger partial charge is 0.510 e. The van der Waals surface area contributed by atoms with Crippen LogP contribution in [-0.4, -0.2) is 31.8 Å². The van der Waals surface area contributed by atoms with Crippen molar-refractivity contribution in [3.8, 4) is 5.75 Å². The predicted molar refractivity (Wildman–Crippen MR) is 91.4 cm³/mol. The maximum Gasteiger partial charge on any atom is 0.510 e. The van der Waals surface area contributed by atoms with Crippen LogP contribution in [0.25, 0.3) is 0 Å². The number of carbonyl (C=O) groups is 1. The lowest BCUT2D eigenvalue weighted by atomic mass is 10.1. The van der Waals surface area contributed by atoms with Gasteiger partial charge in [-0.1, -0.05) is 19.3 Å². The summed E-state index contributed by atoms with van der Waals surface area (Å²) < 4.78 is 58.0. The monoisotopic (exact) mass is 390 g/mol. The van der Waals surface area contributed by atoms with E-state index in [9.17, 15) is 18.0 Å². The second-order valence-corrected chi connectivity index (χ2v) is 6.37. The van der Waals surface area contributed by atoms with Gasteiger partial charge in [0.2, 0.25) is 5.79 Å². The fraction of sp³-hybridized carbons (Fsp3) is 0.632. The fourth-order valence-electron chi connectivity index (χ4n) is 2.59. The SMILES string of the molecule is CCOC(=O)OC1(CCCCCCCOc2ccc(C(F)(F)F)cc2)CO1. The molecule has 5 nitrogen and oxygen atoms in total. The van der Waals surface area contributed by atoms with E-state index in [0.29, 0.717) is 25.4 Å². The van der Waals surface area contributed by atoms with Gasteiger partial charge < -0.3 is 18.9 Å². The third-order valence-corrected chi connectivity index (χ3v) is 4.15. The van der Waals surface area contributed by atoms with Gasteiger partial charge in [-0.15, -0.1) is 0 Å². The first kappa shape index (κ1) is 21.3. The zero-order valence-corrected chi connectivity index (χ0v) is 15.3. The van der Waals surface area contributed by atoms with Crippen molar-refractivity contribution in [3.63, 3.8) is 0 Å². The van der Waals surface area contributed by atoms with Crippen molar-refractivity contribution in [1.82, 2.24) is 0 Å². The summed E-state index contributed by atoms with van der Waals surface area (Å²) in [6.45, 7) is 2.85. The number of halogens is 3. The average molecular weight is 390 g/mol. The number of rotatable bonds is 11. The van der Waals surface area contributed by atoms with Crippen LogP contribution in [0.3, 0.4) is 0 Å². The maximum absolute atomic E-state index is 12.5. The molecule has 1 fully saturated rings. The first-order valence-electron chi connectivity index (χ1n) is 9.14. The molecule has 1 saturated heterocycles. The van der Waals surface area contributed by atoms with Gasteiger partial charge in [-0.2, -0.15) is 13.2 Å². The lowest BCUT2D eigenvalue weighted by Crippen LogP contribution is -2.22. The van der Waals surface area contributed by atoms with E-state index < -0.39 is 23.7 Å². The summed E-state index contributed by atoms with van der Waals surface area (Å²) in [5.41, 5.74) is -0.681. The Morgan fingerprint density at radius 2 is 1.74 bits per heavy atom. The third kappa shape index (κ3) is 7.66. The van der Waals surface area contributed by atoms with E-state index in [0.717, 1.165) is 44.2 Å². The van der Waals surface area contributed by atoms with Crippen molar-refractivity contribution in [1.29, 1.82) is 0 Å². The number of benzene rings is 1. The van der Waals surface area contributed by atoms with Crippen LogP contribution in [0, 0.1) is 0 Å². The molecule has 0 aromatic heterocycles. The Kier molecular flexibility index (Phi) is 7.77. The Morgan fingerprint density at radius 1 is 1.11 bits per heavy atom. The summed E-state index contributed by atoms with van der Waals surface area (Å²) in [4.78, 5) is 11.3. The first-order chi connectivity index (χ1) is 12.8. The quantitative estimate of drug-likeness (QED) is 0.291. The maximum atomic E-state index is 12.5. The number of epoxide rings is 1. The zero-order chi connectivity index (χ0) is 19.8. The van der Waals surface area contributed by atoms with E-state index in [4.69, 9.17) is 18.9 Å². The van der Waals surface area contributed by atoms with Crippen LogP contribution in [-0.2, 0) is 20.4 Å². The molecule has 0 saturated carbocycles. The second-order valence-electron chi connectivity index (χ2n) is 6.37. The van der Waals surface area contributed by atoms with Crippen molar-refractivity contribution in [2.45, 2.75) is 57.4 Å². The van der Waals surface area contributed by atoms with E-state index in [1.807, 2.05) is 0 Å². The molecule has 152 valence electrons. The molecule has 1 heterocycles. The summed E-state index contributed by atoms with van der Waals surface area (Å²) >= 11 is 0. The number of unbranched alkanes of at least 4 members (excludes halogenated alkanes) is 4. The Labute approximate surface area is 156 Å². The van der Waals surface area contributed by atoms with Gasteiger partial charge in [0, 0.05) is 6.42 Å². The van der Waals surface area contributed by atoms with E-state index >= 15 is 0 Å². The highest BCUT2D eigenvalue weighted by atomic mass is 19.4. The zero-order valence-electron chi connectivity index (χ0n) is 15.3. The first-order valence-corrected chi connectivity index (χ1v) is 9.14. The van der Waals surface area contributed by atoms with Crippen molar-refractivity contribution in [3.05, 3.63) is 29.8 Å². The Morgan fingerprint density at radius 3 is 2.33 bits per heavy atom. The lowest BCUT2D eigenvalue weighted by Gasteiger charge is -2.12. The van der Waals surface area contributed by atoms with Crippen molar-refractivity contribution in [2.24, 2.45) is 0 Å². The molecule has 2 rings (SSSR count). The van der Waals surface area contributed by atoms with Gasteiger partial charge in [-0.3, -0.25) is 0 Å². The third-order valence-electron chi connectivity index (χ3n) is 4.15. The number of hydrogen-bond donors (Lipinski definition) is 0. The normalized spacial score (nSPS) is 18.8. The predicted octanol–water partition coefficient (Wildman–Crippen LogP) is 5.32. The molecular weight excluding hydrogens is 365 g/mol. The Balaban J connectivity index is 1.50. The van der Waals surface area contributed by atoms with Gasteiger partial charge in [0.15, 0.2) is 0 Å². The van der Waals surface area contributed by atoms with E-state index in [1.54, 1.807) is 6.92 Å². The van der Waals surface area contributed by atoms with Crippen molar-refractivity contribution >= 4 is 6.16 Å². The Bertz CT molecular complexity index is 582. The van der Waals surface area contributed by atoms with Crippen molar-refractivity contribution < 1.29 is 36.9 Å². The second kappa shape index (κ2) is 9.82. The van der Waals surface area contributed by atoms with Crippen LogP contribution in [0.1, 0.15) is 51.0 Å². The highest BCUT2D eigenvalue weighted by Crippen LogP contribution is 2.35. The molecule has 0 aliphatic carbocycles. The van der Waals surface area contributed by atoms with Crippen molar-refractivity contribution in [2.75, 3.05) is 19.8 Å². The van der Waals surface area contributed by atoms with Crippen LogP contribution >= 0.6 is 0 Å². The molecule has 1 aliphatic rings. The smallest absolute Gasteiger partial charge is 0.494 e. The van der Waals surface area contributed by atoms with Gasteiger partial charge in [0.1, 0.15) is 12.4 Å². The number of carbonyl (C=O) groups excluding carboxylic acids is 1. The molecule has 0 amide bonds. The van der Waals surface area contributed by atoms with Crippen LogP contribution in [0.4, 0.5) is 18.0 Å². The lowest BCUT2D eigenvalue weighted by molar-refractivity contribution is -0.137. The van der Waals surface area contributed by atoms with Crippen LogP contribution in [0.2, 0.25) is 0 Å². The van der Waals surface area contributed by atoms with Crippen LogP contribution in [0.15, 0.2) is 24.3 Å². The minimum atomic E-state index is -4.33. The molecule has 1 aliphatic heterocycles. The summed E-state index contributed by atoms with van der Waals surface area (Å²) in [6.07, 6.45) is 0.228. The molecule has 8 heteroatoms. The Hall–Kier alpha value is -1.96. The standard InChI is InChI=1S/C19H25F3O5/c1-2-24-17(23)27-18(14-26-18)12-6-4-3-5-7-13-25-16-10-8-15(9-11-16)19(20,21)22/h8-11H,2-7,12-14H2,1H3. The summed E-state index contributed by atoms with van der Waals surface area (Å²) in [6, 6.07) is 4.70. The summed E-state index contributed by atoms with van der Waals surface area (Å²) in [5, 5.41) is 0. The highest BCUT2D eigenvalue weighted by Gasteiger charge is 2.49. The van der Waals surface area contributed by atoms with E-state index in [-0.39, 0.29) is 6.61 Å². The molecule has 1 unspecified atom stereocenters. The minimum Gasteiger partial charge on any atom is -0.494 e. The minimum absolute atomic E-state index is 0.267. The molecule has 27 heavy (non-hydrogen) atoms. The average Bonchev–Trinajstić information content (AvgIpc) is 3.36. The number of ether oxygens (including phenoxy) is 4. The van der Waals surface area contributed by atoms with Crippen LogP contribution < -0.4 is 4.74 Å². The van der Waals surface area contributed by atoms with Gasteiger partial charge in [0.05, 0.1) is 18.8 Å². The summed E-state index contributed by atoms with van der Waals surface area (Å²) in [7, 11) is 0. The van der Waals surface area contributed by atoms with Gasteiger partial charge in [-0.25, -0.2) is 4.79 Å². The number of hydrogen-bond acceptors (Lipinski definition) is 5. The van der Waals surface area contributed by atoms with E-state index in [2.05, 4.69) is 0 Å². The molecule has 0 N–H and O–H groups in total. The molecule has 0 radical (unpaired) electrons. The molecule has 1 atom stereocenters. The molecule has 0 spiro atoms. The van der Waals surface area contributed by atoms with E-state index in [1.165, 1.54) is 12.1 Å². The van der Waals surface area contributed by atoms with Gasteiger partial charge in [-0.05, 0) is 44.0 Å². The van der Waals surface area contributed by atoms with Crippen LogP contribution in [0.5, 0.6) is 5.75 Å². The van der Waals surface area contributed by atoms with Gasteiger partial charge in [0.25, 0.3) is 0 Å². The fourth-order valence-corrected chi connectivity index (χ4v) is 2.59. The highest BCUT2D eigenvalue weighted by molar-refractivity contribution is 5.60. The number of alkyl halides is 3. The molecule has 0 bridgehead atoms. The topological polar surface area (TPSA) is 57.3 Å².